The Morgan fingerprint density at radius 2 is 2.12 bits per heavy atom. The predicted octanol–water partition coefficient (Wildman–Crippen LogP) is 5.01. The van der Waals surface area contributed by atoms with Crippen LogP contribution < -0.4 is 0 Å². The summed E-state index contributed by atoms with van der Waals surface area (Å²) in [6.45, 7) is 2.67. The second-order valence-electron chi connectivity index (χ2n) is 3.43. The van der Waals surface area contributed by atoms with Crippen LogP contribution in [0.25, 0.3) is 0 Å². The van der Waals surface area contributed by atoms with Crippen LogP contribution in [-0.2, 0) is 4.74 Å². The molecule has 2 nitrogen and oxygen atoms in total. The second kappa shape index (κ2) is 7.45. The van der Waals surface area contributed by atoms with Crippen LogP contribution in [0.15, 0.2) is 13.6 Å². The lowest BCUT2D eigenvalue weighted by atomic mass is 10.2. The molecule has 0 aliphatic carbocycles. The fraction of sp³-hybridized carbons (Fsp3) is 0.545. The average Bonchev–Trinajstić information content (AvgIpc) is 2.57. The van der Waals surface area contributed by atoms with E-state index in [2.05, 4.69) is 38.8 Å². The van der Waals surface area contributed by atoms with E-state index in [0.717, 1.165) is 20.4 Å². The average molecular weight is 370 g/mol. The summed E-state index contributed by atoms with van der Waals surface area (Å²) < 4.78 is 6.93. The fourth-order valence-electron chi connectivity index (χ4n) is 1.25. The molecule has 0 spiro atoms. The smallest absolute Gasteiger partial charge is 0.340 e. The number of carbonyl (C=O) groups excluding carboxylic acids is 1. The molecular weight excluding hydrogens is 356 g/mol. The molecule has 0 amide bonds. The van der Waals surface area contributed by atoms with Crippen LogP contribution in [0.4, 0.5) is 0 Å². The van der Waals surface area contributed by atoms with Gasteiger partial charge in [-0.2, -0.15) is 0 Å². The van der Waals surface area contributed by atoms with Crippen molar-refractivity contribution < 1.29 is 9.53 Å². The quantitative estimate of drug-likeness (QED) is 0.520. The zero-order valence-electron chi connectivity index (χ0n) is 9.09. The van der Waals surface area contributed by atoms with Crippen molar-refractivity contribution in [1.29, 1.82) is 0 Å². The van der Waals surface area contributed by atoms with Crippen LogP contribution in [0, 0.1) is 0 Å². The Labute approximate surface area is 117 Å². The molecular formula is C11H14Br2O2S. The first-order valence-corrected chi connectivity index (χ1v) is 7.67. The van der Waals surface area contributed by atoms with Crippen molar-refractivity contribution in [3.63, 3.8) is 0 Å². The normalized spacial score (nSPS) is 10.4. The number of halogens is 2. The Morgan fingerprint density at radius 3 is 2.69 bits per heavy atom. The van der Waals surface area contributed by atoms with Gasteiger partial charge in [-0.3, -0.25) is 0 Å². The maximum atomic E-state index is 11.6. The van der Waals surface area contributed by atoms with Gasteiger partial charge in [-0.1, -0.05) is 26.2 Å². The highest BCUT2D eigenvalue weighted by Crippen LogP contribution is 2.32. The van der Waals surface area contributed by atoms with Crippen LogP contribution >= 0.6 is 43.2 Å². The molecule has 0 saturated carbocycles. The van der Waals surface area contributed by atoms with Crippen molar-refractivity contribution >= 4 is 49.2 Å². The van der Waals surface area contributed by atoms with E-state index in [1.165, 1.54) is 24.2 Å². The van der Waals surface area contributed by atoms with Crippen LogP contribution in [0.5, 0.6) is 0 Å². The third-order valence-corrected chi connectivity index (χ3v) is 4.45. The van der Waals surface area contributed by atoms with Gasteiger partial charge in [-0.25, -0.2) is 4.79 Å². The standard InChI is InChI=1S/C11H14Br2O2S/c1-2-3-4-5-6-15-11(14)8-7-9(12)16-10(8)13/h7H,2-6H2,1H3. The van der Waals surface area contributed by atoms with Gasteiger partial charge in [0.1, 0.15) is 0 Å². The topological polar surface area (TPSA) is 26.3 Å². The Morgan fingerprint density at radius 1 is 1.38 bits per heavy atom. The van der Waals surface area contributed by atoms with Crippen molar-refractivity contribution in [3.05, 3.63) is 19.2 Å². The summed E-state index contributed by atoms with van der Waals surface area (Å²) in [6.07, 6.45) is 4.46. The van der Waals surface area contributed by atoms with Gasteiger partial charge in [-0.15, -0.1) is 11.3 Å². The van der Waals surface area contributed by atoms with Crippen LogP contribution in [0.3, 0.4) is 0 Å². The van der Waals surface area contributed by atoms with Crippen molar-refractivity contribution in [2.45, 2.75) is 32.6 Å². The number of esters is 1. The van der Waals surface area contributed by atoms with Gasteiger partial charge in [0.15, 0.2) is 0 Å². The van der Waals surface area contributed by atoms with Crippen molar-refractivity contribution in [2.24, 2.45) is 0 Å². The van der Waals surface area contributed by atoms with Gasteiger partial charge in [0, 0.05) is 0 Å². The van der Waals surface area contributed by atoms with Crippen LogP contribution in [0.2, 0.25) is 0 Å². The minimum Gasteiger partial charge on any atom is -0.462 e. The fourth-order valence-corrected chi connectivity index (χ4v) is 4.02. The molecule has 1 rings (SSSR count). The maximum absolute atomic E-state index is 11.6. The van der Waals surface area contributed by atoms with Gasteiger partial charge in [0.05, 0.1) is 19.7 Å². The van der Waals surface area contributed by atoms with E-state index in [4.69, 9.17) is 4.74 Å². The summed E-state index contributed by atoms with van der Waals surface area (Å²) in [4.78, 5) is 11.6. The second-order valence-corrected chi connectivity index (χ2v) is 7.18. The van der Waals surface area contributed by atoms with Crippen molar-refractivity contribution in [3.8, 4) is 0 Å². The molecule has 0 radical (unpaired) electrons. The van der Waals surface area contributed by atoms with Gasteiger partial charge in [0.2, 0.25) is 0 Å². The molecule has 1 aromatic rings. The van der Waals surface area contributed by atoms with E-state index in [9.17, 15) is 4.79 Å². The molecule has 0 atom stereocenters. The Bertz CT molecular complexity index is 350. The lowest BCUT2D eigenvalue weighted by molar-refractivity contribution is 0.0497. The zero-order chi connectivity index (χ0) is 12.0. The largest absolute Gasteiger partial charge is 0.462 e. The third-order valence-electron chi connectivity index (χ3n) is 2.11. The molecule has 90 valence electrons. The van der Waals surface area contributed by atoms with E-state index in [1.807, 2.05) is 0 Å². The van der Waals surface area contributed by atoms with Gasteiger partial charge < -0.3 is 4.74 Å². The molecule has 0 unspecified atom stereocenters. The summed E-state index contributed by atoms with van der Waals surface area (Å²) >= 11 is 8.15. The minimum absolute atomic E-state index is 0.245. The lowest BCUT2D eigenvalue weighted by Crippen LogP contribution is -2.05. The summed E-state index contributed by atoms with van der Waals surface area (Å²) in [5.41, 5.74) is 0.604. The third kappa shape index (κ3) is 4.55. The molecule has 1 aromatic heterocycles. The Balaban J connectivity index is 2.33. The van der Waals surface area contributed by atoms with Crippen molar-refractivity contribution in [2.75, 3.05) is 6.61 Å². The van der Waals surface area contributed by atoms with Crippen LogP contribution in [-0.4, -0.2) is 12.6 Å². The van der Waals surface area contributed by atoms with Gasteiger partial charge in [-0.05, 0) is 44.3 Å². The van der Waals surface area contributed by atoms with E-state index >= 15 is 0 Å². The number of unbranched alkanes of at least 4 members (excludes halogenated alkanes) is 3. The summed E-state index contributed by atoms with van der Waals surface area (Å²) in [7, 11) is 0. The SMILES string of the molecule is CCCCCCOC(=O)c1cc(Br)sc1Br. The number of carbonyl (C=O) groups is 1. The molecule has 0 fully saturated rings. The molecule has 0 aliphatic rings. The molecule has 0 aliphatic heterocycles. The van der Waals surface area contributed by atoms with E-state index in [-0.39, 0.29) is 5.97 Å². The highest BCUT2D eigenvalue weighted by molar-refractivity contribution is 9.12. The summed E-state index contributed by atoms with van der Waals surface area (Å²) in [5, 5.41) is 0. The first-order chi connectivity index (χ1) is 7.65. The van der Waals surface area contributed by atoms with Crippen molar-refractivity contribution in [1.82, 2.24) is 0 Å². The first kappa shape index (κ1) is 14.2. The molecule has 0 bridgehead atoms. The van der Waals surface area contributed by atoms with E-state index in [0.29, 0.717) is 12.2 Å². The Hall–Kier alpha value is 0.130. The predicted molar refractivity (Wildman–Crippen MR) is 74.1 cm³/mol. The molecule has 0 aromatic carbocycles. The van der Waals surface area contributed by atoms with Crippen LogP contribution in [0.1, 0.15) is 43.0 Å². The van der Waals surface area contributed by atoms with E-state index < -0.39 is 0 Å². The molecule has 1 heterocycles. The molecule has 0 saturated heterocycles. The van der Waals surface area contributed by atoms with E-state index in [1.54, 1.807) is 6.07 Å². The minimum atomic E-state index is -0.245. The number of rotatable bonds is 6. The first-order valence-electron chi connectivity index (χ1n) is 5.27. The Kier molecular flexibility index (Phi) is 6.61. The molecule has 0 N–H and O–H groups in total. The lowest BCUT2D eigenvalue weighted by Gasteiger charge is -2.03. The number of hydrogen-bond acceptors (Lipinski definition) is 3. The molecule has 16 heavy (non-hydrogen) atoms. The van der Waals surface area contributed by atoms with Gasteiger partial charge in [0.25, 0.3) is 0 Å². The summed E-state index contributed by atoms with van der Waals surface area (Å²) in [5.74, 6) is -0.245. The number of ether oxygens (including phenoxy) is 1. The number of thiophene rings is 1. The highest BCUT2D eigenvalue weighted by atomic mass is 79.9. The maximum Gasteiger partial charge on any atom is 0.340 e. The monoisotopic (exact) mass is 368 g/mol. The molecule has 5 heteroatoms. The highest BCUT2D eigenvalue weighted by Gasteiger charge is 2.14. The summed E-state index contributed by atoms with van der Waals surface area (Å²) in [6, 6.07) is 1.78. The number of hydrogen-bond donors (Lipinski definition) is 0. The zero-order valence-corrected chi connectivity index (χ0v) is 13.1. The van der Waals surface area contributed by atoms with Gasteiger partial charge >= 0.3 is 5.97 Å².